The second-order valence-corrected chi connectivity index (χ2v) is 9.54. The number of aliphatic hydroxyl groups excluding tert-OH is 1. The number of hydrogen-bond donors (Lipinski definition) is 1. The summed E-state index contributed by atoms with van der Waals surface area (Å²) in [6, 6.07) is 8.80. The summed E-state index contributed by atoms with van der Waals surface area (Å²) in [7, 11) is 0. The number of carbonyl (C=O) groups excluding carboxylic acids is 1. The predicted molar refractivity (Wildman–Crippen MR) is 130 cm³/mol. The van der Waals surface area contributed by atoms with Crippen molar-refractivity contribution < 1.29 is 28.8 Å². The van der Waals surface area contributed by atoms with Gasteiger partial charge in [0.15, 0.2) is 0 Å². The fraction of sp³-hybridized carbons (Fsp3) is 0.630. The van der Waals surface area contributed by atoms with Crippen LogP contribution in [0.4, 0.5) is 0 Å². The van der Waals surface area contributed by atoms with Crippen molar-refractivity contribution in [3.8, 4) is 5.88 Å². The lowest BCUT2D eigenvalue weighted by molar-refractivity contribution is -0.193. The van der Waals surface area contributed by atoms with Crippen molar-refractivity contribution in [2.75, 3.05) is 19.8 Å². The highest BCUT2D eigenvalue weighted by Crippen LogP contribution is 2.32. The van der Waals surface area contributed by atoms with Crippen molar-refractivity contribution in [1.29, 1.82) is 0 Å². The highest BCUT2D eigenvalue weighted by atomic mass is 16.7. The Morgan fingerprint density at radius 1 is 1.20 bits per heavy atom. The van der Waals surface area contributed by atoms with Crippen molar-refractivity contribution in [2.45, 2.75) is 90.3 Å². The van der Waals surface area contributed by atoms with E-state index >= 15 is 0 Å². The molecular weight excluding hydrogens is 448 g/mol. The largest absolute Gasteiger partial charge is 0.463 e. The molecule has 0 saturated carbocycles. The molecule has 1 aromatic carbocycles. The highest BCUT2D eigenvalue weighted by Gasteiger charge is 2.33. The molecule has 2 aliphatic rings. The molecular formula is C27H38N2O6. The van der Waals surface area contributed by atoms with Gasteiger partial charge in [0.2, 0.25) is 12.2 Å². The minimum absolute atomic E-state index is 0.110. The number of aryl methyl sites for hydroxylation is 1. The van der Waals surface area contributed by atoms with Gasteiger partial charge in [0.25, 0.3) is 0 Å². The highest BCUT2D eigenvalue weighted by molar-refractivity contribution is 5.69. The Kier molecular flexibility index (Phi) is 8.81. The van der Waals surface area contributed by atoms with E-state index in [1.54, 1.807) is 0 Å². The zero-order chi connectivity index (χ0) is 24.8. The lowest BCUT2D eigenvalue weighted by Crippen LogP contribution is -2.41. The van der Waals surface area contributed by atoms with Crippen LogP contribution in [0.1, 0.15) is 74.4 Å². The number of aromatic nitrogens is 2. The van der Waals surface area contributed by atoms with Crippen molar-refractivity contribution >= 4 is 5.97 Å². The first-order chi connectivity index (χ1) is 17.0. The molecule has 35 heavy (non-hydrogen) atoms. The molecule has 8 nitrogen and oxygen atoms in total. The second kappa shape index (κ2) is 12.0. The zero-order valence-electron chi connectivity index (χ0n) is 21.1. The van der Waals surface area contributed by atoms with Crippen LogP contribution in [-0.4, -0.2) is 59.2 Å². The van der Waals surface area contributed by atoms with Crippen LogP contribution in [-0.2, 0) is 31.8 Å². The molecule has 4 unspecified atom stereocenters. The molecule has 192 valence electrons. The minimum atomic E-state index is -0.669. The van der Waals surface area contributed by atoms with E-state index in [4.69, 9.17) is 24.0 Å². The van der Waals surface area contributed by atoms with E-state index in [1.807, 2.05) is 11.6 Å². The Hall–Kier alpha value is -2.42. The topological polar surface area (TPSA) is 92.0 Å². The molecule has 3 heterocycles. The van der Waals surface area contributed by atoms with E-state index < -0.39 is 18.5 Å². The van der Waals surface area contributed by atoms with E-state index in [-0.39, 0.29) is 18.6 Å². The van der Waals surface area contributed by atoms with E-state index in [9.17, 15) is 9.90 Å². The summed E-state index contributed by atoms with van der Waals surface area (Å²) in [5, 5.41) is 15.3. The number of carbonyl (C=O) groups is 1. The van der Waals surface area contributed by atoms with Gasteiger partial charge >= 0.3 is 5.97 Å². The number of esters is 1. The Labute approximate surface area is 207 Å². The molecule has 0 aliphatic carbocycles. The van der Waals surface area contributed by atoms with Crippen LogP contribution in [0.2, 0.25) is 0 Å². The van der Waals surface area contributed by atoms with Gasteiger partial charge in [-0.2, -0.15) is 0 Å². The SMILES string of the molecule is CCCC(=O)OCC1CC(O)CC(Oc2nn(C3CCOC3)c(C)c2Cc2ccc(CC)cc2)O1. The van der Waals surface area contributed by atoms with Gasteiger partial charge in [-0.05, 0) is 37.3 Å². The molecule has 0 bridgehead atoms. The first-order valence-corrected chi connectivity index (χ1v) is 12.9. The Morgan fingerprint density at radius 2 is 1.97 bits per heavy atom. The van der Waals surface area contributed by atoms with Crippen molar-refractivity contribution in [3.63, 3.8) is 0 Å². The Bertz CT molecular complexity index is 967. The van der Waals surface area contributed by atoms with Crippen LogP contribution in [0, 0.1) is 6.92 Å². The minimum Gasteiger partial charge on any atom is -0.463 e. The lowest BCUT2D eigenvalue weighted by Gasteiger charge is -2.32. The molecule has 1 aromatic heterocycles. The summed E-state index contributed by atoms with van der Waals surface area (Å²) >= 11 is 0. The number of aliphatic hydroxyl groups is 1. The number of hydrogen-bond acceptors (Lipinski definition) is 7. The molecule has 2 aliphatic heterocycles. The van der Waals surface area contributed by atoms with Crippen LogP contribution < -0.4 is 4.74 Å². The predicted octanol–water partition coefficient (Wildman–Crippen LogP) is 3.89. The Balaban J connectivity index is 1.51. The quantitative estimate of drug-likeness (QED) is 0.509. The molecule has 0 radical (unpaired) electrons. The smallest absolute Gasteiger partial charge is 0.305 e. The van der Waals surface area contributed by atoms with E-state index in [0.29, 0.717) is 38.2 Å². The number of rotatable bonds is 10. The molecule has 2 saturated heterocycles. The van der Waals surface area contributed by atoms with Crippen LogP contribution in [0.25, 0.3) is 0 Å². The molecule has 2 aromatic rings. The zero-order valence-corrected chi connectivity index (χ0v) is 21.1. The fourth-order valence-corrected chi connectivity index (χ4v) is 4.71. The molecule has 4 atom stereocenters. The molecule has 0 spiro atoms. The summed E-state index contributed by atoms with van der Waals surface area (Å²) in [4.78, 5) is 11.8. The van der Waals surface area contributed by atoms with Gasteiger partial charge < -0.3 is 24.1 Å². The van der Waals surface area contributed by atoms with Gasteiger partial charge in [-0.1, -0.05) is 38.1 Å². The standard InChI is InChI=1S/C27H38N2O6/c1-4-6-25(31)33-17-23-14-22(30)15-26(34-23)35-27-24(13-20-9-7-19(5-2)8-10-20)18(3)29(28-27)21-11-12-32-16-21/h7-10,21-23,26,30H,4-6,11-17H2,1-3H3. The normalized spacial score (nSPS) is 24.5. The maximum Gasteiger partial charge on any atom is 0.305 e. The molecule has 2 fully saturated rings. The van der Waals surface area contributed by atoms with Crippen molar-refractivity contribution in [2.24, 2.45) is 0 Å². The van der Waals surface area contributed by atoms with Crippen LogP contribution in [0.15, 0.2) is 24.3 Å². The van der Waals surface area contributed by atoms with Gasteiger partial charge in [-0.25, -0.2) is 0 Å². The summed E-state index contributed by atoms with van der Waals surface area (Å²) in [6.45, 7) is 7.62. The molecule has 8 heteroatoms. The number of benzene rings is 1. The summed E-state index contributed by atoms with van der Waals surface area (Å²) in [5.74, 6) is 0.271. The van der Waals surface area contributed by atoms with Gasteiger partial charge in [-0.3, -0.25) is 9.48 Å². The fourth-order valence-electron chi connectivity index (χ4n) is 4.71. The van der Waals surface area contributed by atoms with Gasteiger partial charge in [-0.15, -0.1) is 5.10 Å². The van der Waals surface area contributed by atoms with Crippen molar-refractivity contribution in [3.05, 3.63) is 46.6 Å². The first-order valence-electron chi connectivity index (χ1n) is 12.9. The number of nitrogens with zero attached hydrogens (tertiary/aromatic N) is 2. The van der Waals surface area contributed by atoms with Crippen molar-refractivity contribution in [1.82, 2.24) is 9.78 Å². The van der Waals surface area contributed by atoms with Crippen LogP contribution >= 0.6 is 0 Å². The van der Waals surface area contributed by atoms with Crippen LogP contribution in [0.3, 0.4) is 0 Å². The maximum atomic E-state index is 11.8. The third-order valence-electron chi connectivity index (χ3n) is 6.77. The van der Waals surface area contributed by atoms with Gasteiger partial charge in [0, 0.05) is 43.5 Å². The third kappa shape index (κ3) is 6.63. The maximum absolute atomic E-state index is 11.8. The van der Waals surface area contributed by atoms with E-state index in [2.05, 4.69) is 38.1 Å². The van der Waals surface area contributed by atoms with E-state index in [1.165, 1.54) is 11.1 Å². The first kappa shape index (κ1) is 25.7. The average Bonchev–Trinajstić information content (AvgIpc) is 3.47. The monoisotopic (exact) mass is 486 g/mol. The van der Waals surface area contributed by atoms with Gasteiger partial charge in [0.1, 0.15) is 6.61 Å². The second-order valence-electron chi connectivity index (χ2n) is 9.54. The summed E-state index contributed by atoms with van der Waals surface area (Å²) in [6.07, 6.45) is 2.77. The van der Waals surface area contributed by atoms with Gasteiger partial charge in [0.05, 0.1) is 24.9 Å². The molecule has 1 N–H and O–H groups in total. The summed E-state index contributed by atoms with van der Waals surface area (Å²) in [5.41, 5.74) is 4.55. The molecule has 4 rings (SSSR count). The third-order valence-corrected chi connectivity index (χ3v) is 6.77. The Morgan fingerprint density at radius 3 is 2.66 bits per heavy atom. The van der Waals surface area contributed by atoms with E-state index in [0.717, 1.165) is 37.1 Å². The number of ether oxygens (including phenoxy) is 4. The lowest BCUT2D eigenvalue weighted by atomic mass is 10.0. The molecule has 0 amide bonds. The average molecular weight is 487 g/mol. The summed E-state index contributed by atoms with van der Waals surface area (Å²) < 4.78 is 25.3. The van der Waals surface area contributed by atoms with Crippen LogP contribution in [0.5, 0.6) is 5.88 Å².